The van der Waals surface area contributed by atoms with Gasteiger partial charge in [0.1, 0.15) is 5.75 Å². The first-order valence-electron chi connectivity index (χ1n) is 10.2. The van der Waals surface area contributed by atoms with E-state index in [1.807, 2.05) is 0 Å². The Balaban J connectivity index is 1.77. The van der Waals surface area contributed by atoms with E-state index >= 15 is 0 Å². The molecule has 0 fully saturated rings. The lowest BCUT2D eigenvalue weighted by Crippen LogP contribution is -2.17. The molecule has 0 unspecified atom stereocenters. The molecule has 1 aliphatic carbocycles. The van der Waals surface area contributed by atoms with Crippen LogP contribution in [0.25, 0.3) is 16.3 Å². The summed E-state index contributed by atoms with van der Waals surface area (Å²) in [4.78, 5) is 0. The normalized spacial score (nSPS) is 18.2. The highest BCUT2D eigenvalue weighted by Crippen LogP contribution is 2.47. The Bertz CT molecular complexity index is 1190. The summed E-state index contributed by atoms with van der Waals surface area (Å²) < 4.78 is 5.39. The fourth-order valence-corrected chi connectivity index (χ4v) is 4.73. The molecule has 0 radical (unpaired) electrons. The van der Waals surface area contributed by atoms with Gasteiger partial charge in [-0.2, -0.15) is 0 Å². The summed E-state index contributed by atoms with van der Waals surface area (Å²) in [5.74, 6) is 1.60. The number of methoxy groups -OCH3 is 1. The smallest absolute Gasteiger partial charge is 0.118 e. The van der Waals surface area contributed by atoms with Crippen LogP contribution >= 0.6 is 0 Å². The maximum atomic E-state index is 5.39. The van der Waals surface area contributed by atoms with E-state index < -0.39 is 0 Å². The lowest BCUT2D eigenvalue weighted by Gasteiger charge is -2.33. The monoisotopic (exact) mass is 376 g/mol. The van der Waals surface area contributed by atoms with Gasteiger partial charge in [0.05, 0.1) is 7.11 Å². The predicted octanol–water partition coefficient (Wildman–Crippen LogP) is 7.06. The van der Waals surface area contributed by atoms with Gasteiger partial charge in [0, 0.05) is 5.92 Å². The molecule has 5 rings (SSSR count). The molecule has 4 aromatic rings. The number of fused-ring (bicyclic) bond motifs is 3. The topological polar surface area (TPSA) is 9.23 Å². The molecule has 0 saturated carbocycles. The van der Waals surface area contributed by atoms with E-state index in [9.17, 15) is 0 Å². The van der Waals surface area contributed by atoms with E-state index in [1.165, 1.54) is 38.6 Å². The van der Waals surface area contributed by atoms with Gasteiger partial charge in [-0.15, -0.1) is 0 Å². The molecule has 0 bridgehead atoms. The third-order valence-electron chi connectivity index (χ3n) is 6.09. The lowest BCUT2D eigenvalue weighted by atomic mass is 9.71. The van der Waals surface area contributed by atoms with Crippen molar-refractivity contribution in [3.8, 4) is 5.75 Å². The number of hydrogen-bond acceptors (Lipinski definition) is 1. The highest BCUT2D eigenvalue weighted by Gasteiger charge is 2.30. The summed E-state index contributed by atoms with van der Waals surface area (Å²) in [6.07, 6.45) is 2.45. The Morgan fingerprint density at radius 2 is 1.45 bits per heavy atom. The average molecular weight is 376 g/mol. The van der Waals surface area contributed by atoms with Crippen LogP contribution in [0.1, 0.15) is 35.1 Å². The second-order valence-corrected chi connectivity index (χ2v) is 7.80. The minimum Gasteiger partial charge on any atom is -0.497 e. The van der Waals surface area contributed by atoms with Crippen LogP contribution in [0.5, 0.6) is 5.75 Å². The van der Waals surface area contributed by atoms with Gasteiger partial charge >= 0.3 is 0 Å². The number of allylic oxidation sites excluding steroid dienone is 1. The number of rotatable bonds is 3. The first-order chi connectivity index (χ1) is 14.3. The summed E-state index contributed by atoms with van der Waals surface area (Å²) in [6, 6.07) is 32.6. The second-order valence-electron chi connectivity index (χ2n) is 7.80. The van der Waals surface area contributed by atoms with Crippen molar-refractivity contribution < 1.29 is 4.74 Å². The maximum absolute atomic E-state index is 5.39. The summed E-state index contributed by atoms with van der Waals surface area (Å²) in [5.41, 5.74) is 6.72. The Morgan fingerprint density at radius 1 is 0.724 bits per heavy atom. The molecule has 0 aromatic heterocycles. The maximum Gasteiger partial charge on any atom is 0.118 e. The van der Waals surface area contributed by atoms with E-state index in [0.29, 0.717) is 11.8 Å². The molecule has 0 amide bonds. The Kier molecular flexibility index (Phi) is 4.44. The van der Waals surface area contributed by atoms with Crippen LogP contribution in [0.3, 0.4) is 0 Å². The van der Waals surface area contributed by atoms with Crippen molar-refractivity contribution in [3.05, 3.63) is 119 Å². The van der Waals surface area contributed by atoms with Crippen molar-refractivity contribution in [1.29, 1.82) is 0 Å². The van der Waals surface area contributed by atoms with Gasteiger partial charge in [-0.1, -0.05) is 91.9 Å². The van der Waals surface area contributed by atoms with Crippen molar-refractivity contribution in [2.24, 2.45) is 5.92 Å². The SMILES string of the molecule is COc1ccc([C@H]2c3c(ccc4ccccc34)C(c3ccccc3)=C[C@@H]2C)cc1. The Hall–Kier alpha value is -3.32. The van der Waals surface area contributed by atoms with Crippen molar-refractivity contribution in [1.82, 2.24) is 0 Å². The zero-order chi connectivity index (χ0) is 19.8. The van der Waals surface area contributed by atoms with Gasteiger partial charge in [-0.3, -0.25) is 0 Å². The molecular formula is C28H24O. The summed E-state index contributed by atoms with van der Waals surface area (Å²) >= 11 is 0. The molecule has 4 aromatic carbocycles. The largest absolute Gasteiger partial charge is 0.497 e. The first-order valence-corrected chi connectivity index (χ1v) is 10.2. The van der Waals surface area contributed by atoms with Crippen LogP contribution in [-0.4, -0.2) is 7.11 Å². The molecule has 2 atom stereocenters. The molecule has 1 nitrogen and oxygen atoms in total. The second kappa shape index (κ2) is 7.25. The summed E-state index contributed by atoms with van der Waals surface area (Å²) in [7, 11) is 1.72. The fraction of sp³-hybridized carbons (Fsp3) is 0.143. The van der Waals surface area contributed by atoms with E-state index in [0.717, 1.165) is 5.75 Å². The molecule has 0 N–H and O–H groups in total. The molecule has 0 spiro atoms. The summed E-state index contributed by atoms with van der Waals surface area (Å²) in [6.45, 7) is 2.34. The van der Waals surface area contributed by atoms with Gasteiger partial charge < -0.3 is 4.74 Å². The van der Waals surface area contributed by atoms with Crippen molar-refractivity contribution in [3.63, 3.8) is 0 Å². The number of ether oxygens (including phenoxy) is 1. The molecule has 0 heterocycles. The highest BCUT2D eigenvalue weighted by atomic mass is 16.5. The minimum atomic E-state index is 0.314. The van der Waals surface area contributed by atoms with Gasteiger partial charge in [-0.25, -0.2) is 0 Å². The highest BCUT2D eigenvalue weighted by molar-refractivity contribution is 5.95. The molecule has 1 aliphatic rings. The Morgan fingerprint density at radius 3 is 2.21 bits per heavy atom. The van der Waals surface area contributed by atoms with Crippen LogP contribution in [0.4, 0.5) is 0 Å². The van der Waals surface area contributed by atoms with Gasteiger partial charge in [0.2, 0.25) is 0 Å². The zero-order valence-electron chi connectivity index (χ0n) is 16.8. The molecule has 0 aliphatic heterocycles. The van der Waals surface area contributed by atoms with Crippen LogP contribution in [0, 0.1) is 5.92 Å². The quantitative estimate of drug-likeness (QED) is 0.372. The average Bonchev–Trinajstić information content (AvgIpc) is 2.79. The van der Waals surface area contributed by atoms with Crippen LogP contribution in [-0.2, 0) is 0 Å². The lowest BCUT2D eigenvalue weighted by molar-refractivity contribution is 0.414. The summed E-state index contributed by atoms with van der Waals surface area (Å²) in [5, 5.41) is 2.64. The standard InChI is InChI=1S/C28H24O/c1-19-18-26(20-8-4-3-5-9-20)25-17-14-21-10-6-7-11-24(21)28(25)27(19)22-12-15-23(29-2)16-13-22/h3-19,27H,1-2H3/t19-,27-/m0/s1. The Labute approximate surface area is 172 Å². The van der Waals surface area contributed by atoms with E-state index in [2.05, 4.69) is 104 Å². The van der Waals surface area contributed by atoms with Gasteiger partial charge in [0.15, 0.2) is 0 Å². The molecule has 1 heteroatoms. The van der Waals surface area contributed by atoms with E-state index in [4.69, 9.17) is 4.74 Å². The molecular weight excluding hydrogens is 352 g/mol. The first kappa shape index (κ1) is 17.8. The molecule has 142 valence electrons. The number of hydrogen-bond donors (Lipinski definition) is 0. The van der Waals surface area contributed by atoms with Crippen molar-refractivity contribution in [2.75, 3.05) is 7.11 Å². The van der Waals surface area contributed by atoms with Crippen molar-refractivity contribution >= 4 is 16.3 Å². The third kappa shape index (κ3) is 3.03. The van der Waals surface area contributed by atoms with Crippen LogP contribution in [0.2, 0.25) is 0 Å². The zero-order valence-corrected chi connectivity index (χ0v) is 16.8. The van der Waals surface area contributed by atoms with Crippen molar-refractivity contribution in [2.45, 2.75) is 12.8 Å². The number of benzene rings is 4. The third-order valence-corrected chi connectivity index (χ3v) is 6.09. The van der Waals surface area contributed by atoms with Crippen LogP contribution < -0.4 is 4.74 Å². The van der Waals surface area contributed by atoms with E-state index in [1.54, 1.807) is 7.11 Å². The van der Waals surface area contributed by atoms with Crippen LogP contribution in [0.15, 0.2) is 97.1 Å². The van der Waals surface area contributed by atoms with Gasteiger partial charge in [-0.05, 0) is 56.6 Å². The molecule has 29 heavy (non-hydrogen) atoms. The fourth-order valence-electron chi connectivity index (χ4n) is 4.73. The molecule has 0 saturated heterocycles. The van der Waals surface area contributed by atoms with E-state index in [-0.39, 0.29) is 0 Å². The predicted molar refractivity (Wildman–Crippen MR) is 121 cm³/mol. The van der Waals surface area contributed by atoms with Gasteiger partial charge in [0.25, 0.3) is 0 Å². The minimum absolute atomic E-state index is 0.314.